The molecule has 4 atom stereocenters. The summed E-state index contributed by atoms with van der Waals surface area (Å²) in [5.41, 5.74) is 0. The van der Waals surface area contributed by atoms with Gasteiger partial charge >= 0.3 is 0 Å². The highest BCUT2D eigenvalue weighted by molar-refractivity contribution is 5.82. The van der Waals surface area contributed by atoms with E-state index in [-0.39, 0.29) is 6.04 Å². The van der Waals surface area contributed by atoms with Crippen molar-refractivity contribution in [3.05, 3.63) is 0 Å². The number of hydrogen-bond acceptors (Lipinski definition) is 4. The molecule has 0 aromatic heterocycles. The number of rotatable bonds is 3. The number of fused-ring (bicyclic) bond motifs is 1. The average molecular weight is 321 g/mol. The average Bonchev–Trinajstić information content (AvgIpc) is 3.24. The molecule has 0 unspecified atom stereocenters. The van der Waals surface area contributed by atoms with E-state index in [9.17, 15) is 4.79 Å². The topological polar surface area (TPSA) is 44.8 Å². The minimum atomic E-state index is 0.0953. The van der Waals surface area contributed by atoms with Crippen LogP contribution < -0.4 is 5.32 Å². The van der Waals surface area contributed by atoms with E-state index in [4.69, 9.17) is 4.74 Å². The first-order chi connectivity index (χ1) is 11.3. The molecule has 0 radical (unpaired) electrons. The molecule has 0 aromatic rings. The van der Waals surface area contributed by atoms with E-state index in [0.717, 1.165) is 58.3 Å². The van der Waals surface area contributed by atoms with E-state index in [1.54, 1.807) is 0 Å². The SMILES string of the molecule is O=C([C@@H]1C[C@@H]2CCCC[C@@H]2N1)N1CCN(C[C@@H]2CCOC2)CC1. The van der Waals surface area contributed by atoms with Gasteiger partial charge in [0.15, 0.2) is 0 Å². The van der Waals surface area contributed by atoms with Crippen molar-refractivity contribution in [1.82, 2.24) is 15.1 Å². The number of carbonyl (C=O) groups is 1. The lowest BCUT2D eigenvalue weighted by molar-refractivity contribution is -0.135. The molecule has 4 aliphatic rings. The molecule has 1 amide bonds. The first kappa shape index (κ1) is 15.9. The van der Waals surface area contributed by atoms with Crippen molar-refractivity contribution in [1.29, 1.82) is 0 Å². The first-order valence-electron chi connectivity index (χ1n) is 9.64. The molecule has 23 heavy (non-hydrogen) atoms. The van der Waals surface area contributed by atoms with Crippen LogP contribution in [0.1, 0.15) is 38.5 Å². The Morgan fingerprint density at radius 3 is 2.65 bits per heavy atom. The van der Waals surface area contributed by atoms with Gasteiger partial charge in [-0.3, -0.25) is 9.69 Å². The van der Waals surface area contributed by atoms with E-state index >= 15 is 0 Å². The van der Waals surface area contributed by atoms with Crippen molar-refractivity contribution < 1.29 is 9.53 Å². The van der Waals surface area contributed by atoms with Crippen molar-refractivity contribution in [2.24, 2.45) is 11.8 Å². The normalized spacial score (nSPS) is 38.7. The van der Waals surface area contributed by atoms with Gasteiger partial charge in [0.25, 0.3) is 0 Å². The maximum atomic E-state index is 12.8. The summed E-state index contributed by atoms with van der Waals surface area (Å²) in [4.78, 5) is 17.4. The standard InChI is InChI=1S/C18H31N3O2/c22-18(17-11-15-3-1-2-4-16(15)19-17)21-8-6-20(7-9-21)12-14-5-10-23-13-14/h14-17,19H,1-13H2/t14-,15-,16-,17-/m0/s1. The molecular formula is C18H31N3O2. The molecule has 3 aliphatic heterocycles. The molecule has 1 saturated carbocycles. The molecule has 4 fully saturated rings. The Morgan fingerprint density at radius 1 is 1.09 bits per heavy atom. The highest BCUT2D eigenvalue weighted by Crippen LogP contribution is 2.33. The van der Waals surface area contributed by atoms with Gasteiger partial charge in [-0.15, -0.1) is 0 Å². The minimum Gasteiger partial charge on any atom is -0.381 e. The Morgan fingerprint density at radius 2 is 1.91 bits per heavy atom. The summed E-state index contributed by atoms with van der Waals surface area (Å²) in [5.74, 6) is 1.82. The fraction of sp³-hybridized carbons (Fsp3) is 0.944. The van der Waals surface area contributed by atoms with Crippen LogP contribution >= 0.6 is 0 Å². The lowest BCUT2D eigenvalue weighted by Crippen LogP contribution is -2.54. The maximum Gasteiger partial charge on any atom is 0.239 e. The van der Waals surface area contributed by atoms with E-state index in [0.29, 0.717) is 17.9 Å². The van der Waals surface area contributed by atoms with E-state index < -0.39 is 0 Å². The van der Waals surface area contributed by atoms with Gasteiger partial charge in [0.05, 0.1) is 12.6 Å². The zero-order valence-electron chi connectivity index (χ0n) is 14.2. The van der Waals surface area contributed by atoms with Crippen LogP contribution in [0.3, 0.4) is 0 Å². The second-order valence-electron chi connectivity index (χ2n) is 7.96. The van der Waals surface area contributed by atoms with Crippen LogP contribution in [0.25, 0.3) is 0 Å². The monoisotopic (exact) mass is 321 g/mol. The third kappa shape index (κ3) is 3.57. The van der Waals surface area contributed by atoms with Crippen molar-refractivity contribution in [3.8, 4) is 0 Å². The summed E-state index contributed by atoms with van der Waals surface area (Å²) in [6.45, 7) is 6.87. The quantitative estimate of drug-likeness (QED) is 0.845. The molecule has 4 rings (SSSR count). The Kier molecular flexibility index (Phi) is 4.88. The highest BCUT2D eigenvalue weighted by Gasteiger charge is 2.40. The van der Waals surface area contributed by atoms with Crippen molar-refractivity contribution in [2.75, 3.05) is 45.9 Å². The Labute approximate surface area is 139 Å². The lowest BCUT2D eigenvalue weighted by Gasteiger charge is -2.36. The molecule has 0 aromatic carbocycles. The summed E-state index contributed by atoms with van der Waals surface area (Å²) in [5, 5.41) is 3.64. The number of amides is 1. The molecule has 1 aliphatic carbocycles. The number of ether oxygens (including phenoxy) is 1. The summed E-state index contributed by atoms with van der Waals surface area (Å²) in [6.07, 6.45) is 7.55. The van der Waals surface area contributed by atoms with Gasteiger partial charge in [-0.05, 0) is 37.5 Å². The van der Waals surface area contributed by atoms with Crippen LogP contribution in [0, 0.1) is 11.8 Å². The second-order valence-corrected chi connectivity index (χ2v) is 7.96. The zero-order valence-corrected chi connectivity index (χ0v) is 14.2. The molecule has 3 saturated heterocycles. The molecule has 0 bridgehead atoms. The van der Waals surface area contributed by atoms with Gasteiger partial charge in [-0.25, -0.2) is 0 Å². The Bertz CT molecular complexity index is 402. The number of nitrogens with zero attached hydrogens (tertiary/aromatic N) is 2. The Balaban J connectivity index is 1.24. The van der Waals surface area contributed by atoms with Gasteiger partial charge in [0.2, 0.25) is 5.91 Å². The van der Waals surface area contributed by atoms with Gasteiger partial charge in [-0.1, -0.05) is 12.8 Å². The summed E-state index contributed by atoms with van der Waals surface area (Å²) < 4.78 is 5.47. The van der Waals surface area contributed by atoms with Crippen LogP contribution in [0.2, 0.25) is 0 Å². The summed E-state index contributed by atoms with van der Waals surface area (Å²) >= 11 is 0. The van der Waals surface area contributed by atoms with Gasteiger partial charge in [0.1, 0.15) is 0 Å². The van der Waals surface area contributed by atoms with Crippen LogP contribution in [0.4, 0.5) is 0 Å². The van der Waals surface area contributed by atoms with Crippen LogP contribution in [-0.2, 0) is 9.53 Å². The summed E-state index contributed by atoms with van der Waals surface area (Å²) in [6, 6.07) is 0.708. The van der Waals surface area contributed by atoms with Crippen LogP contribution in [0.5, 0.6) is 0 Å². The minimum absolute atomic E-state index is 0.0953. The van der Waals surface area contributed by atoms with Crippen LogP contribution in [-0.4, -0.2) is 73.7 Å². The maximum absolute atomic E-state index is 12.8. The van der Waals surface area contributed by atoms with E-state index in [2.05, 4.69) is 15.1 Å². The molecule has 130 valence electrons. The van der Waals surface area contributed by atoms with Gasteiger partial charge in [0, 0.05) is 45.4 Å². The molecule has 5 nitrogen and oxygen atoms in total. The van der Waals surface area contributed by atoms with Crippen LogP contribution in [0.15, 0.2) is 0 Å². The molecule has 1 N–H and O–H groups in total. The zero-order chi connectivity index (χ0) is 15.6. The largest absolute Gasteiger partial charge is 0.381 e. The second kappa shape index (κ2) is 7.08. The van der Waals surface area contributed by atoms with Crippen molar-refractivity contribution in [2.45, 2.75) is 50.6 Å². The molecule has 3 heterocycles. The predicted molar refractivity (Wildman–Crippen MR) is 89.2 cm³/mol. The number of hydrogen-bond donors (Lipinski definition) is 1. The third-order valence-corrected chi connectivity index (χ3v) is 6.39. The fourth-order valence-electron chi connectivity index (χ4n) is 4.97. The molecular weight excluding hydrogens is 290 g/mol. The van der Waals surface area contributed by atoms with Gasteiger partial charge < -0.3 is 15.0 Å². The number of nitrogens with one attached hydrogen (secondary N) is 1. The number of piperazine rings is 1. The third-order valence-electron chi connectivity index (χ3n) is 6.39. The highest BCUT2D eigenvalue weighted by atomic mass is 16.5. The lowest BCUT2D eigenvalue weighted by atomic mass is 9.85. The van der Waals surface area contributed by atoms with E-state index in [1.807, 2.05) is 0 Å². The fourth-order valence-corrected chi connectivity index (χ4v) is 4.97. The molecule has 5 heteroatoms. The first-order valence-corrected chi connectivity index (χ1v) is 9.64. The van der Waals surface area contributed by atoms with Gasteiger partial charge in [-0.2, -0.15) is 0 Å². The van der Waals surface area contributed by atoms with E-state index in [1.165, 1.54) is 32.1 Å². The smallest absolute Gasteiger partial charge is 0.239 e. The molecule has 0 spiro atoms. The summed E-state index contributed by atoms with van der Waals surface area (Å²) in [7, 11) is 0. The van der Waals surface area contributed by atoms with Crippen molar-refractivity contribution >= 4 is 5.91 Å². The predicted octanol–water partition coefficient (Wildman–Crippen LogP) is 1.09. The Hall–Kier alpha value is -0.650. The number of carbonyl (C=O) groups excluding carboxylic acids is 1. The van der Waals surface area contributed by atoms with Crippen molar-refractivity contribution in [3.63, 3.8) is 0 Å².